The quantitative estimate of drug-likeness (QED) is 0.496. The third kappa shape index (κ3) is 1.40. The Balaban J connectivity index is 3.40. The summed E-state index contributed by atoms with van der Waals surface area (Å²) in [5, 5.41) is 0. The van der Waals surface area contributed by atoms with E-state index in [-0.39, 0.29) is 5.82 Å². The largest absolute Gasteiger partial charge is 0.206 e. The van der Waals surface area contributed by atoms with E-state index >= 15 is 0 Å². The Labute approximate surface area is 66.1 Å². The maximum atomic E-state index is 13.0. The summed E-state index contributed by atoms with van der Waals surface area (Å²) in [5.74, 6) is 2.01. The molecule has 0 N–H and O–H groups in total. The maximum Gasteiger partial charge on any atom is 0.139 e. The first-order chi connectivity index (χ1) is 5.15. The summed E-state index contributed by atoms with van der Waals surface area (Å²) in [6, 6.07) is 3.32. The Morgan fingerprint density at radius 3 is 2.45 bits per heavy atom. The highest BCUT2D eigenvalue weighted by Crippen LogP contribution is 2.13. The van der Waals surface area contributed by atoms with E-state index in [1.165, 1.54) is 6.07 Å². The van der Waals surface area contributed by atoms with Crippen molar-refractivity contribution in [3.05, 3.63) is 34.6 Å². The molecular weight excluding hydrogens is 139 g/mol. The van der Waals surface area contributed by atoms with Crippen LogP contribution < -0.4 is 0 Å². The minimum absolute atomic E-state index is 0.301. The molecule has 0 aliphatic heterocycles. The summed E-state index contributed by atoms with van der Waals surface area (Å²) in [6.07, 6.45) is 5.11. The molecule has 0 radical (unpaired) electrons. The Hall–Kier alpha value is -1.29. The van der Waals surface area contributed by atoms with Crippen LogP contribution in [0.25, 0.3) is 0 Å². The van der Waals surface area contributed by atoms with E-state index in [4.69, 9.17) is 6.42 Å². The Morgan fingerprint density at radius 2 is 2.00 bits per heavy atom. The van der Waals surface area contributed by atoms with Crippen LogP contribution in [0, 0.1) is 32.0 Å². The summed E-state index contributed by atoms with van der Waals surface area (Å²) in [7, 11) is 0. The highest BCUT2D eigenvalue weighted by atomic mass is 19.1. The van der Waals surface area contributed by atoms with E-state index < -0.39 is 0 Å². The number of halogens is 1. The van der Waals surface area contributed by atoms with Gasteiger partial charge in [-0.15, -0.1) is 6.42 Å². The Kier molecular flexibility index (Phi) is 1.96. The second-order valence-corrected chi connectivity index (χ2v) is 2.58. The third-order valence-corrected chi connectivity index (χ3v) is 1.58. The van der Waals surface area contributed by atoms with Gasteiger partial charge < -0.3 is 0 Å². The normalized spacial score (nSPS) is 9.27. The Bertz CT molecular complexity index is 295. The van der Waals surface area contributed by atoms with Crippen molar-refractivity contribution in [2.45, 2.75) is 13.8 Å². The zero-order valence-corrected chi connectivity index (χ0v) is 6.61. The van der Waals surface area contributed by atoms with Gasteiger partial charge in [0.1, 0.15) is 5.82 Å². The number of terminal acetylenes is 1. The summed E-state index contributed by atoms with van der Waals surface area (Å²) in [4.78, 5) is 0. The number of benzene rings is 1. The highest BCUT2D eigenvalue weighted by molar-refractivity contribution is 5.42. The molecule has 0 heterocycles. The fourth-order valence-electron chi connectivity index (χ4n) is 1.10. The van der Waals surface area contributed by atoms with Gasteiger partial charge in [-0.1, -0.05) is 12.0 Å². The minimum atomic E-state index is -0.301. The molecule has 11 heavy (non-hydrogen) atoms. The van der Waals surface area contributed by atoms with Crippen molar-refractivity contribution in [2.75, 3.05) is 0 Å². The Morgan fingerprint density at radius 1 is 1.36 bits per heavy atom. The van der Waals surface area contributed by atoms with Crippen molar-refractivity contribution in [1.82, 2.24) is 0 Å². The van der Waals surface area contributed by atoms with E-state index in [1.54, 1.807) is 0 Å². The molecule has 0 amide bonds. The molecule has 0 aromatic heterocycles. The topological polar surface area (TPSA) is 0 Å². The van der Waals surface area contributed by atoms with Crippen LogP contribution in [-0.4, -0.2) is 0 Å². The molecule has 56 valence electrons. The van der Waals surface area contributed by atoms with E-state index in [1.807, 2.05) is 19.9 Å². The van der Waals surface area contributed by atoms with Gasteiger partial charge in [-0.05, 0) is 31.0 Å². The van der Waals surface area contributed by atoms with Crippen molar-refractivity contribution in [2.24, 2.45) is 0 Å². The van der Waals surface area contributed by atoms with Crippen molar-refractivity contribution < 1.29 is 4.39 Å². The zero-order chi connectivity index (χ0) is 8.43. The average molecular weight is 148 g/mol. The molecule has 0 spiro atoms. The van der Waals surface area contributed by atoms with Gasteiger partial charge in [-0.2, -0.15) is 0 Å². The van der Waals surface area contributed by atoms with E-state index in [2.05, 4.69) is 5.92 Å². The number of hydrogen-bond donors (Lipinski definition) is 0. The summed E-state index contributed by atoms with van der Waals surface area (Å²) >= 11 is 0. The van der Waals surface area contributed by atoms with Crippen molar-refractivity contribution in [3.63, 3.8) is 0 Å². The van der Waals surface area contributed by atoms with Gasteiger partial charge in [0.25, 0.3) is 0 Å². The molecule has 1 rings (SSSR count). The van der Waals surface area contributed by atoms with Gasteiger partial charge in [0.2, 0.25) is 0 Å². The predicted molar refractivity (Wildman–Crippen MR) is 43.8 cm³/mol. The summed E-state index contributed by atoms with van der Waals surface area (Å²) < 4.78 is 13.0. The lowest BCUT2D eigenvalue weighted by Crippen LogP contribution is -1.89. The van der Waals surface area contributed by atoms with Crippen molar-refractivity contribution in [3.8, 4) is 12.3 Å². The molecule has 0 saturated carbocycles. The highest BCUT2D eigenvalue weighted by Gasteiger charge is 2.02. The van der Waals surface area contributed by atoms with Crippen LogP contribution >= 0.6 is 0 Å². The molecule has 1 aromatic rings. The monoisotopic (exact) mass is 148 g/mol. The molecule has 0 aliphatic rings. The summed E-state index contributed by atoms with van der Waals surface area (Å²) in [6.45, 7) is 3.65. The van der Waals surface area contributed by atoms with Crippen LogP contribution in [-0.2, 0) is 0 Å². The third-order valence-electron chi connectivity index (χ3n) is 1.58. The summed E-state index contributed by atoms with van der Waals surface area (Å²) in [5.41, 5.74) is 2.10. The number of rotatable bonds is 0. The molecule has 0 atom stereocenters. The molecule has 1 heteroatoms. The van der Waals surface area contributed by atoms with Crippen LogP contribution in [0.4, 0.5) is 4.39 Å². The molecule has 0 nitrogen and oxygen atoms in total. The molecule has 0 bridgehead atoms. The SMILES string of the molecule is C#Cc1c(C)cc(C)cc1F. The van der Waals surface area contributed by atoms with E-state index in [0.717, 1.165) is 11.1 Å². The molecule has 0 aliphatic carbocycles. The van der Waals surface area contributed by atoms with Gasteiger partial charge in [-0.3, -0.25) is 0 Å². The standard InChI is InChI=1S/C10H9F/c1-4-9-8(3)5-7(2)6-10(9)11/h1,5-6H,2-3H3. The van der Waals surface area contributed by atoms with Crippen LogP contribution in [0.3, 0.4) is 0 Å². The van der Waals surface area contributed by atoms with Gasteiger partial charge in [0, 0.05) is 0 Å². The lowest BCUT2D eigenvalue weighted by Gasteiger charge is -2.00. The molecule has 0 fully saturated rings. The van der Waals surface area contributed by atoms with Crippen LogP contribution in [0.1, 0.15) is 16.7 Å². The minimum Gasteiger partial charge on any atom is -0.206 e. The fourth-order valence-corrected chi connectivity index (χ4v) is 1.10. The van der Waals surface area contributed by atoms with E-state index in [0.29, 0.717) is 5.56 Å². The first kappa shape index (κ1) is 7.81. The van der Waals surface area contributed by atoms with Crippen LogP contribution in [0.2, 0.25) is 0 Å². The van der Waals surface area contributed by atoms with Crippen molar-refractivity contribution >= 4 is 0 Å². The average Bonchev–Trinajstić information content (AvgIpc) is 1.85. The lowest BCUT2D eigenvalue weighted by atomic mass is 10.1. The molecule has 1 aromatic carbocycles. The number of hydrogen-bond acceptors (Lipinski definition) is 0. The number of aryl methyl sites for hydroxylation is 2. The van der Waals surface area contributed by atoms with Crippen LogP contribution in [0.15, 0.2) is 12.1 Å². The van der Waals surface area contributed by atoms with Crippen LogP contribution in [0.5, 0.6) is 0 Å². The predicted octanol–water partition coefficient (Wildman–Crippen LogP) is 2.42. The zero-order valence-electron chi connectivity index (χ0n) is 6.61. The van der Waals surface area contributed by atoms with Gasteiger partial charge in [0.05, 0.1) is 5.56 Å². The molecule has 0 unspecified atom stereocenters. The molecular formula is C10H9F. The fraction of sp³-hybridized carbons (Fsp3) is 0.200. The van der Waals surface area contributed by atoms with E-state index in [9.17, 15) is 4.39 Å². The van der Waals surface area contributed by atoms with Crippen molar-refractivity contribution in [1.29, 1.82) is 0 Å². The van der Waals surface area contributed by atoms with Gasteiger partial charge in [-0.25, -0.2) is 4.39 Å². The molecule has 0 saturated heterocycles. The lowest BCUT2D eigenvalue weighted by molar-refractivity contribution is 0.622. The first-order valence-electron chi connectivity index (χ1n) is 3.38. The second-order valence-electron chi connectivity index (χ2n) is 2.58. The first-order valence-corrected chi connectivity index (χ1v) is 3.38. The van der Waals surface area contributed by atoms with Gasteiger partial charge >= 0.3 is 0 Å². The van der Waals surface area contributed by atoms with Gasteiger partial charge in [0.15, 0.2) is 0 Å². The maximum absolute atomic E-state index is 13.0. The second kappa shape index (κ2) is 2.75. The smallest absolute Gasteiger partial charge is 0.139 e.